The van der Waals surface area contributed by atoms with Crippen molar-refractivity contribution in [3.63, 3.8) is 0 Å². The summed E-state index contributed by atoms with van der Waals surface area (Å²) in [4.78, 5) is 26.4. The van der Waals surface area contributed by atoms with E-state index in [0.29, 0.717) is 11.1 Å². The summed E-state index contributed by atoms with van der Waals surface area (Å²) in [5.41, 5.74) is 0.851. The molecule has 0 spiro atoms. The third kappa shape index (κ3) is 3.86. The van der Waals surface area contributed by atoms with Crippen LogP contribution in [0.3, 0.4) is 0 Å². The fraction of sp³-hybridized carbons (Fsp3) is 0.385. The van der Waals surface area contributed by atoms with Gasteiger partial charge in [-0.05, 0) is 18.6 Å². The number of hydrogen-bond acceptors (Lipinski definition) is 7. The summed E-state index contributed by atoms with van der Waals surface area (Å²) < 4.78 is 28.1. The Labute approximate surface area is 137 Å². The number of rotatable bonds is 6. The van der Waals surface area contributed by atoms with Gasteiger partial charge in [-0.25, -0.2) is 4.98 Å². The van der Waals surface area contributed by atoms with Crippen molar-refractivity contribution >= 4 is 38.4 Å². The molecule has 1 N–H and O–H groups in total. The second-order valence-electron chi connectivity index (χ2n) is 5.19. The van der Waals surface area contributed by atoms with E-state index >= 15 is 0 Å². The minimum atomic E-state index is -3.61. The Morgan fingerprint density at radius 2 is 2.17 bits per heavy atom. The van der Waals surface area contributed by atoms with Gasteiger partial charge in [0.1, 0.15) is 11.2 Å². The third-order valence-corrected chi connectivity index (χ3v) is 3.78. The summed E-state index contributed by atoms with van der Waals surface area (Å²) >= 11 is 0. The third-order valence-electron chi connectivity index (χ3n) is 3.19. The number of nitro groups is 1. The van der Waals surface area contributed by atoms with Crippen LogP contribution in [0.2, 0.25) is 0 Å². The molecule has 0 aliphatic rings. The van der Waals surface area contributed by atoms with Gasteiger partial charge in [0.15, 0.2) is 0 Å². The van der Waals surface area contributed by atoms with E-state index in [-0.39, 0.29) is 30.0 Å². The van der Waals surface area contributed by atoms with Crippen molar-refractivity contribution in [3.8, 4) is 0 Å². The Balaban J connectivity index is 2.55. The van der Waals surface area contributed by atoms with Gasteiger partial charge >= 0.3 is 5.69 Å². The van der Waals surface area contributed by atoms with Gasteiger partial charge in [0.25, 0.3) is 10.1 Å². The first-order chi connectivity index (χ1) is 11.1. The van der Waals surface area contributed by atoms with Gasteiger partial charge in [-0.3, -0.25) is 19.1 Å². The molecular weight excluding hydrogens is 340 g/mol. The van der Waals surface area contributed by atoms with Crippen molar-refractivity contribution < 1.29 is 22.3 Å². The monoisotopic (exact) mass is 356 g/mol. The second-order valence-corrected chi connectivity index (χ2v) is 6.83. The Bertz CT molecular complexity index is 918. The number of anilines is 1. The minimum Gasteiger partial charge on any atom is -0.322 e. The molecule has 1 aromatic carbocycles. The zero-order chi connectivity index (χ0) is 18.1. The number of carbonyl (C=O) groups excluding carboxylic acids is 1. The lowest BCUT2D eigenvalue weighted by molar-refractivity contribution is -0.382. The van der Waals surface area contributed by atoms with Crippen LogP contribution in [0.25, 0.3) is 11.0 Å². The van der Waals surface area contributed by atoms with Gasteiger partial charge in [-0.2, -0.15) is 8.42 Å². The molecule has 2 rings (SSSR count). The Hall–Kier alpha value is -2.53. The molecule has 2 aromatic rings. The topological polar surface area (TPSA) is 133 Å². The van der Waals surface area contributed by atoms with Crippen LogP contribution >= 0.6 is 0 Å². The maximum atomic E-state index is 11.5. The summed E-state index contributed by atoms with van der Waals surface area (Å²) in [7, 11) is -3.61. The molecule has 0 saturated heterocycles. The van der Waals surface area contributed by atoms with Crippen LogP contribution in [0.5, 0.6) is 0 Å². The van der Waals surface area contributed by atoms with E-state index in [0.717, 1.165) is 6.26 Å². The number of nitro benzene ring substituents is 1. The Morgan fingerprint density at radius 1 is 1.50 bits per heavy atom. The van der Waals surface area contributed by atoms with Crippen molar-refractivity contribution in [1.29, 1.82) is 0 Å². The normalized spacial score (nSPS) is 11.6. The minimum absolute atomic E-state index is 0.0486. The highest BCUT2D eigenvalue weighted by Crippen LogP contribution is 2.36. The molecule has 24 heavy (non-hydrogen) atoms. The second kappa shape index (κ2) is 6.53. The fourth-order valence-corrected chi connectivity index (χ4v) is 2.69. The van der Waals surface area contributed by atoms with Crippen LogP contribution in [0, 0.1) is 17.0 Å². The molecule has 0 bridgehead atoms. The number of hydrogen-bond donors (Lipinski definition) is 1. The Morgan fingerprint density at radius 3 is 2.71 bits per heavy atom. The largest absolute Gasteiger partial charge is 0.322 e. The summed E-state index contributed by atoms with van der Waals surface area (Å²) in [6, 6.07) is 1.61. The summed E-state index contributed by atoms with van der Waals surface area (Å²) in [5.74, 6) is -0.438. The molecule has 0 fully saturated rings. The molecule has 10 nitrogen and oxygen atoms in total. The van der Waals surface area contributed by atoms with E-state index in [2.05, 4.69) is 14.5 Å². The van der Waals surface area contributed by atoms with E-state index in [1.165, 1.54) is 17.8 Å². The van der Waals surface area contributed by atoms with Crippen LogP contribution < -0.4 is 5.32 Å². The predicted octanol–water partition coefficient (Wildman–Crippen LogP) is 1.19. The van der Waals surface area contributed by atoms with E-state index in [1.807, 2.05) is 0 Å². The van der Waals surface area contributed by atoms with E-state index in [9.17, 15) is 23.3 Å². The van der Waals surface area contributed by atoms with E-state index in [1.54, 1.807) is 13.0 Å². The molecule has 0 aliphatic carbocycles. The molecule has 1 aromatic heterocycles. The van der Waals surface area contributed by atoms with Crippen LogP contribution in [-0.4, -0.2) is 41.7 Å². The van der Waals surface area contributed by atoms with Gasteiger partial charge in [0.05, 0.1) is 29.6 Å². The molecule has 0 unspecified atom stereocenters. The first-order valence-corrected chi connectivity index (χ1v) is 8.66. The van der Waals surface area contributed by atoms with Gasteiger partial charge in [0, 0.05) is 13.5 Å². The summed E-state index contributed by atoms with van der Waals surface area (Å²) in [6.45, 7) is 2.74. The molecule has 11 heteroatoms. The number of aromatic nitrogens is 2. The van der Waals surface area contributed by atoms with Crippen LogP contribution in [-0.2, 0) is 25.6 Å². The molecule has 0 aliphatic heterocycles. The van der Waals surface area contributed by atoms with Gasteiger partial charge in [-0.1, -0.05) is 0 Å². The highest BCUT2D eigenvalue weighted by Gasteiger charge is 2.25. The summed E-state index contributed by atoms with van der Waals surface area (Å²) in [6.07, 6.45) is 2.28. The number of imidazole rings is 1. The maximum Gasteiger partial charge on any atom is 0.318 e. The highest BCUT2D eigenvalue weighted by molar-refractivity contribution is 7.85. The maximum absolute atomic E-state index is 11.5. The number of nitrogens with zero attached hydrogens (tertiary/aromatic N) is 3. The van der Waals surface area contributed by atoms with Crippen molar-refractivity contribution in [2.45, 2.75) is 20.4 Å². The standard InChI is InChI=1S/C13H16N4O6S/c1-8-6-10-12(13(17(19)20)11(8)15-9(2)18)16(7-14-10)4-5-23-24(3,21)22/h6-7H,4-5H2,1-3H3,(H,15,18). The van der Waals surface area contributed by atoms with E-state index in [4.69, 9.17) is 0 Å². The van der Waals surface area contributed by atoms with Gasteiger partial charge in [-0.15, -0.1) is 0 Å². The lowest BCUT2D eigenvalue weighted by Gasteiger charge is -2.10. The zero-order valence-electron chi connectivity index (χ0n) is 13.3. The fourth-order valence-electron chi connectivity index (χ4n) is 2.31. The number of amides is 1. The molecule has 1 heterocycles. The van der Waals surface area contributed by atoms with Crippen molar-refractivity contribution in [3.05, 3.63) is 28.1 Å². The van der Waals surface area contributed by atoms with Crippen molar-refractivity contribution in [1.82, 2.24) is 9.55 Å². The molecule has 0 atom stereocenters. The van der Waals surface area contributed by atoms with Crippen LogP contribution in [0.4, 0.5) is 11.4 Å². The summed E-state index contributed by atoms with van der Waals surface area (Å²) in [5, 5.41) is 14.0. The predicted molar refractivity (Wildman–Crippen MR) is 86.2 cm³/mol. The van der Waals surface area contributed by atoms with Crippen LogP contribution in [0.15, 0.2) is 12.4 Å². The lowest BCUT2D eigenvalue weighted by atomic mass is 10.1. The number of nitrogens with one attached hydrogen (secondary N) is 1. The lowest BCUT2D eigenvalue weighted by Crippen LogP contribution is -2.12. The SMILES string of the molecule is CC(=O)Nc1c(C)cc2ncn(CCOS(C)(=O)=O)c2c1[N+](=O)[O-]. The van der Waals surface area contributed by atoms with Crippen molar-refractivity contribution in [2.24, 2.45) is 0 Å². The van der Waals surface area contributed by atoms with Gasteiger partial charge < -0.3 is 9.88 Å². The van der Waals surface area contributed by atoms with E-state index < -0.39 is 20.9 Å². The average Bonchev–Trinajstić information content (AvgIpc) is 2.80. The number of fused-ring (bicyclic) bond motifs is 1. The smallest absolute Gasteiger partial charge is 0.318 e. The number of aryl methyl sites for hydroxylation is 1. The zero-order valence-corrected chi connectivity index (χ0v) is 14.1. The molecule has 0 saturated carbocycles. The highest BCUT2D eigenvalue weighted by atomic mass is 32.2. The quantitative estimate of drug-likeness (QED) is 0.467. The molecule has 1 amide bonds. The Kier molecular flexibility index (Phi) is 4.85. The van der Waals surface area contributed by atoms with Gasteiger partial charge in [0.2, 0.25) is 5.91 Å². The molecule has 130 valence electrons. The number of carbonyl (C=O) groups is 1. The molecule has 0 radical (unpaired) electrons. The van der Waals surface area contributed by atoms with Crippen molar-refractivity contribution in [2.75, 3.05) is 18.2 Å². The number of benzene rings is 1. The van der Waals surface area contributed by atoms with Crippen LogP contribution in [0.1, 0.15) is 12.5 Å². The first kappa shape index (κ1) is 17.8. The molecular formula is C13H16N4O6S. The average molecular weight is 356 g/mol. The first-order valence-electron chi connectivity index (χ1n) is 6.85.